The Morgan fingerprint density at radius 3 is 2.85 bits per heavy atom. The van der Waals surface area contributed by atoms with Crippen LogP contribution in [-0.4, -0.2) is 40.6 Å². The highest BCUT2D eigenvalue weighted by molar-refractivity contribution is 7.09. The Morgan fingerprint density at radius 2 is 2.25 bits per heavy atom. The number of amides is 1. The molecule has 2 aromatic rings. The first-order valence-electron chi connectivity index (χ1n) is 6.43. The van der Waals surface area contributed by atoms with E-state index in [2.05, 4.69) is 4.98 Å². The average molecular weight is 290 g/mol. The molecule has 0 aliphatic carbocycles. The van der Waals surface area contributed by atoms with E-state index in [1.165, 1.54) is 4.90 Å². The summed E-state index contributed by atoms with van der Waals surface area (Å²) in [4.78, 5) is 18.2. The third-order valence-corrected chi connectivity index (χ3v) is 3.68. The summed E-state index contributed by atoms with van der Waals surface area (Å²) in [5.74, 6) is -0.0975. The first-order chi connectivity index (χ1) is 9.47. The fourth-order valence-corrected chi connectivity index (χ4v) is 2.63. The number of carbonyl (C=O) groups excluding carboxylic acids is 1. The van der Waals surface area contributed by atoms with Crippen LogP contribution in [-0.2, 0) is 0 Å². The van der Waals surface area contributed by atoms with Crippen LogP contribution >= 0.6 is 11.3 Å². The summed E-state index contributed by atoms with van der Waals surface area (Å²) in [5, 5.41) is 12.3. The summed E-state index contributed by atoms with van der Waals surface area (Å²) in [6.45, 7) is 3.94. The molecule has 20 heavy (non-hydrogen) atoms. The number of aryl methyl sites for hydroxylation is 1. The second-order valence-electron chi connectivity index (χ2n) is 4.87. The van der Waals surface area contributed by atoms with Gasteiger partial charge in [-0.1, -0.05) is 12.1 Å². The van der Waals surface area contributed by atoms with E-state index in [1.807, 2.05) is 30.5 Å². The van der Waals surface area contributed by atoms with Crippen molar-refractivity contribution in [3.8, 4) is 11.3 Å². The fourth-order valence-electron chi connectivity index (χ4n) is 2.01. The highest BCUT2D eigenvalue weighted by atomic mass is 32.1. The van der Waals surface area contributed by atoms with Gasteiger partial charge in [-0.15, -0.1) is 11.3 Å². The van der Waals surface area contributed by atoms with Gasteiger partial charge in [-0.3, -0.25) is 4.79 Å². The Hall–Kier alpha value is -1.72. The van der Waals surface area contributed by atoms with Crippen LogP contribution < -0.4 is 0 Å². The number of thiazole rings is 1. The van der Waals surface area contributed by atoms with E-state index in [-0.39, 0.29) is 5.91 Å². The summed E-state index contributed by atoms with van der Waals surface area (Å²) in [6, 6.07) is 7.42. The molecule has 1 aromatic heterocycles. The molecule has 5 heteroatoms. The summed E-state index contributed by atoms with van der Waals surface area (Å²) in [6.07, 6.45) is -0.534. The van der Waals surface area contributed by atoms with Gasteiger partial charge in [-0.25, -0.2) is 4.98 Å². The molecular formula is C15H18N2O2S. The predicted octanol–water partition coefficient (Wildman–Crippen LogP) is 2.57. The minimum absolute atomic E-state index is 0.0975. The van der Waals surface area contributed by atoms with Crippen LogP contribution in [0.5, 0.6) is 0 Å². The van der Waals surface area contributed by atoms with E-state index < -0.39 is 6.10 Å². The van der Waals surface area contributed by atoms with Crippen LogP contribution in [0, 0.1) is 6.92 Å². The molecule has 0 saturated heterocycles. The van der Waals surface area contributed by atoms with Gasteiger partial charge in [0.2, 0.25) is 0 Å². The zero-order valence-electron chi connectivity index (χ0n) is 11.8. The first-order valence-corrected chi connectivity index (χ1v) is 7.31. The molecule has 0 aliphatic heterocycles. The van der Waals surface area contributed by atoms with Gasteiger partial charge < -0.3 is 10.0 Å². The Kier molecular flexibility index (Phi) is 4.52. The van der Waals surface area contributed by atoms with Gasteiger partial charge in [-0.05, 0) is 26.0 Å². The topological polar surface area (TPSA) is 53.4 Å². The smallest absolute Gasteiger partial charge is 0.253 e. The van der Waals surface area contributed by atoms with Crippen molar-refractivity contribution in [1.82, 2.24) is 9.88 Å². The summed E-state index contributed by atoms with van der Waals surface area (Å²) >= 11 is 1.59. The average Bonchev–Trinajstić information content (AvgIpc) is 2.84. The predicted molar refractivity (Wildman–Crippen MR) is 80.9 cm³/mol. The van der Waals surface area contributed by atoms with Crippen LogP contribution in [0.3, 0.4) is 0 Å². The Bertz CT molecular complexity index is 607. The Morgan fingerprint density at radius 1 is 1.50 bits per heavy atom. The standard InChI is InChI=1S/C15H18N2O2S/c1-10(18)8-17(3)15(19)13-6-4-5-12(7-13)14-9-20-11(2)16-14/h4-7,9-10,18H,8H2,1-3H3/t10-/m0/s1. The molecule has 1 aromatic carbocycles. The van der Waals surface area contributed by atoms with E-state index in [9.17, 15) is 9.90 Å². The van der Waals surface area contributed by atoms with Crippen molar-refractivity contribution in [3.63, 3.8) is 0 Å². The number of aromatic nitrogens is 1. The number of aliphatic hydroxyl groups is 1. The molecule has 0 unspecified atom stereocenters. The molecule has 4 nitrogen and oxygen atoms in total. The van der Waals surface area contributed by atoms with Gasteiger partial charge in [0.25, 0.3) is 5.91 Å². The van der Waals surface area contributed by atoms with Crippen LogP contribution in [0.15, 0.2) is 29.6 Å². The summed E-state index contributed by atoms with van der Waals surface area (Å²) < 4.78 is 0. The van der Waals surface area contributed by atoms with Crippen LogP contribution in [0.2, 0.25) is 0 Å². The molecule has 1 N–H and O–H groups in total. The number of nitrogens with zero attached hydrogens (tertiary/aromatic N) is 2. The van der Waals surface area contributed by atoms with Gasteiger partial charge in [0.15, 0.2) is 0 Å². The zero-order chi connectivity index (χ0) is 14.7. The molecule has 0 fully saturated rings. The Labute approximate surface area is 122 Å². The van der Waals surface area contributed by atoms with Gasteiger partial charge >= 0.3 is 0 Å². The maximum atomic E-state index is 12.3. The fraction of sp³-hybridized carbons (Fsp3) is 0.333. The second kappa shape index (κ2) is 6.15. The van der Waals surface area contributed by atoms with Gasteiger partial charge in [0.1, 0.15) is 0 Å². The van der Waals surface area contributed by atoms with Crippen molar-refractivity contribution in [2.45, 2.75) is 20.0 Å². The van der Waals surface area contributed by atoms with E-state index in [0.29, 0.717) is 12.1 Å². The van der Waals surface area contributed by atoms with E-state index in [0.717, 1.165) is 16.3 Å². The summed E-state index contributed by atoms with van der Waals surface area (Å²) in [7, 11) is 1.69. The minimum atomic E-state index is -0.534. The number of hydrogen-bond acceptors (Lipinski definition) is 4. The lowest BCUT2D eigenvalue weighted by Crippen LogP contribution is -2.33. The van der Waals surface area contributed by atoms with Gasteiger partial charge in [-0.2, -0.15) is 0 Å². The van der Waals surface area contributed by atoms with Crippen molar-refractivity contribution in [2.75, 3.05) is 13.6 Å². The molecule has 1 amide bonds. The van der Waals surface area contributed by atoms with E-state index in [4.69, 9.17) is 0 Å². The van der Waals surface area contributed by atoms with Gasteiger partial charge in [0, 0.05) is 30.1 Å². The lowest BCUT2D eigenvalue weighted by molar-refractivity contribution is 0.0704. The van der Waals surface area contributed by atoms with Crippen molar-refractivity contribution >= 4 is 17.2 Å². The molecule has 106 valence electrons. The quantitative estimate of drug-likeness (QED) is 0.941. The largest absolute Gasteiger partial charge is 0.392 e. The molecule has 0 spiro atoms. The van der Waals surface area contributed by atoms with Crippen LogP contribution in [0.25, 0.3) is 11.3 Å². The molecule has 0 saturated carbocycles. The monoisotopic (exact) mass is 290 g/mol. The van der Waals surface area contributed by atoms with Crippen LogP contribution in [0.1, 0.15) is 22.3 Å². The molecule has 1 heterocycles. The number of rotatable bonds is 4. The highest BCUT2D eigenvalue weighted by Crippen LogP contribution is 2.22. The minimum Gasteiger partial charge on any atom is -0.392 e. The molecule has 0 bridgehead atoms. The maximum absolute atomic E-state index is 12.3. The van der Waals surface area contributed by atoms with Gasteiger partial charge in [0.05, 0.1) is 16.8 Å². The number of benzene rings is 1. The van der Waals surface area contributed by atoms with Crippen LogP contribution in [0.4, 0.5) is 0 Å². The lowest BCUT2D eigenvalue weighted by atomic mass is 10.1. The number of carbonyl (C=O) groups is 1. The van der Waals surface area contributed by atoms with E-state index in [1.54, 1.807) is 31.4 Å². The molecular weight excluding hydrogens is 272 g/mol. The van der Waals surface area contributed by atoms with E-state index >= 15 is 0 Å². The second-order valence-corrected chi connectivity index (χ2v) is 5.93. The highest BCUT2D eigenvalue weighted by Gasteiger charge is 2.14. The number of aliphatic hydroxyl groups excluding tert-OH is 1. The molecule has 0 radical (unpaired) electrons. The molecule has 0 aliphatic rings. The third kappa shape index (κ3) is 3.43. The number of hydrogen-bond donors (Lipinski definition) is 1. The lowest BCUT2D eigenvalue weighted by Gasteiger charge is -2.19. The zero-order valence-corrected chi connectivity index (χ0v) is 12.6. The number of likely N-dealkylation sites (N-methyl/N-ethyl adjacent to an activating group) is 1. The van der Waals surface area contributed by atoms with Crippen molar-refractivity contribution in [2.24, 2.45) is 0 Å². The van der Waals surface area contributed by atoms with Crippen molar-refractivity contribution in [3.05, 3.63) is 40.2 Å². The first kappa shape index (κ1) is 14.7. The SMILES string of the molecule is Cc1nc(-c2cccc(C(=O)N(C)C[C@H](C)O)c2)cs1. The molecule has 2 rings (SSSR count). The maximum Gasteiger partial charge on any atom is 0.253 e. The molecule has 1 atom stereocenters. The summed E-state index contributed by atoms with van der Waals surface area (Å²) in [5.41, 5.74) is 2.43. The normalized spacial score (nSPS) is 12.2. The Balaban J connectivity index is 2.23. The third-order valence-electron chi connectivity index (χ3n) is 2.91. The van der Waals surface area contributed by atoms with Crippen molar-refractivity contribution in [1.29, 1.82) is 0 Å². The van der Waals surface area contributed by atoms with Crippen molar-refractivity contribution < 1.29 is 9.90 Å².